The van der Waals surface area contributed by atoms with E-state index in [0.29, 0.717) is 31.8 Å². The third-order valence-corrected chi connectivity index (χ3v) is 11.5. The summed E-state index contributed by atoms with van der Waals surface area (Å²) in [6, 6.07) is 7.91. The van der Waals surface area contributed by atoms with Crippen molar-refractivity contribution in [2.45, 2.75) is 44.3 Å². The molecule has 13 heteroatoms. The molecule has 0 bridgehead atoms. The second-order valence-corrected chi connectivity index (χ2v) is 14.8. The number of aromatic amines is 1. The van der Waals surface area contributed by atoms with Crippen molar-refractivity contribution in [3.05, 3.63) is 60.7 Å². The number of thioether (sulfide) groups is 1. The highest BCUT2D eigenvalue weighted by atomic mass is 32.2. The van der Waals surface area contributed by atoms with Gasteiger partial charge in [0.15, 0.2) is 0 Å². The Morgan fingerprint density at radius 3 is 2.76 bits per heavy atom. The smallest absolute Gasteiger partial charge is 0.305 e. The number of rotatable bonds is 12. The number of thiazole rings is 1. The maximum atomic E-state index is 12.8. The number of morpholine rings is 1. The highest BCUT2D eigenvalue weighted by Crippen LogP contribution is 2.33. The summed E-state index contributed by atoms with van der Waals surface area (Å²) in [5.74, 6) is 0.122. The number of amides is 1. The van der Waals surface area contributed by atoms with E-state index in [4.69, 9.17) is 9.47 Å². The van der Waals surface area contributed by atoms with Gasteiger partial charge in [0.1, 0.15) is 11.3 Å². The van der Waals surface area contributed by atoms with Crippen LogP contribution in [0, 0.1) is 0 Å². The topological polar surface area (TPSA) is 119 Å². The number of phenolic OH excluding ortho intramolecular Hbond substituents is 1. The largest absolute Gasteiger partial charge is 0.506 e. The van der Waals surface area contributed by atoms with Crippen molar-refractivity contribution in [2.75, 3.05) is 66.6 Å². The number of carbonyl (C=O) groups excluding carboxylic acids is 1. The monoisotopic (exact) mass is 673 g/mol. The molecule has 4 heterocycles. The van der Waals surface area contributed by atoms with Gasteiger partial charge in [0.2, 0.25) is 5.91 Å². The summed E-state index contributed by atoms with van der Waals surface area (Å²) in [4.78, 5) is 38.5. The van der Waals surface area contributed by atoms with Gasteiger partial charge >= 0.3 is 4.87 Å². The first-order chi connectivity index (χ1) is 21.8. The number of hydrogen-bond donors (Lipinski definition) is 3. The Morgan fingerprint density at radius 2 is 2.00 bits per heavy atom. The van der Waals surface area contributed by atoms with Gasteiger partial charge in [-0.05, 0) is 56.2 Å². The number of benzene rings is 1. The van der Waals surface area contributed by atoms with E-state index in [-0.39, 0.29) is 28.2 Å². The van der Waals surface area contributed by atoms with Gasteiger partial charge in [-0.15, -0.1) is 11.3 Å². The van der Waals surface area contributed by atoms with E-state index < -0.39 is 0 Å². The van der Waals surface area contributed by atoms with Crippen LogP contribution in [-0.4, -0.2) is 103 Å². The minimum Gasteiger partial charge on any atom is -0.506 e. The van der Waals surface area contributed by atoms with Gasteiger partial charge in [-0.25, -0.2) is 0 Å². The summed E-state index contributed by atoms with van der Waals surface area (Å²) >= 11 is 4.44. The molecular weight excluding hydrogens is 631 g/mol. The van der Waals surface area contributed by atoms with Crippen LogP contribution in [0.15, 0.2) is 45.5 Å². The second-order valence-electron chi connectivity index (χ2n) is 11.5. The highest BCUT2D eigenvalue weighted by Gasteiger charge is 2.40. The van der Waals surface area contributed by atoms with Crippen LogP contribution < -0.4 is 10.2 Å². The Hall–Kier alpha value is -2.52. The summed E-state index contributed by atoms with van der Waals surface area (Å²) in [5, 5.41) is 16.3. The molecule has 3 N–H and O–H groups in total. The van der Waals surface area contributed by atoms with E-state index in [1.807, 2.05) is 34.6 Å². The molecule has 5 rings (SSSR count). The average molecular weight is 674 g/mol. The van der Waals surface area contributed by atoms with Gasteiger partial charge in [0.05, 0.1) is 34.6 Å². The fourth-order valence-electron chi connectivity index (χ4n) is 5.89. The number of nitrogens with one attached hydrogen (secondary N) is 2. The zero-order valence-electron chi connectivity index (χ0n) is 26.2. The Labute approximate surface area is 276 Å². The van der Waals surface area contributed by atoms with Crippen LogP contribution in [0.4, 0.5) is 0 Å². The Bertz CT molecular complexity index is 1560. The van der Waals surface area contributed by atoms with Gasteiger partial charge in [0.25, 0.3) is 0 Å². The number of nitrogens with zero attached hydrogens (tertiary/aromatic N) is 3. The fraction of sp³-hybridized carbons (Fsp3) is 0.531. The van der Waals surface area contributed by atoms with Crippen LogP contribution in [0.2, 0.25) is 0 Å². The first kappa shape index (κ1) is 33.8. The number of ether oxygens (including phenoxy) is 2. The lowest BCUT2D eigenvalue weighted by Crippen LogP contribution is -2.57. The van der Waals surface area contributed by atoms with Crippen molar-refractivity contribution in [1.29, 1.82) is 0 Å². The van der Waals surface area contributed by atoms with E-state index in [2.05, 4.69) is 32.3 Å². The zero-order valence-corrected chi connectivity index (χ0v) is 28.6. The van der Waals surface area contributed by atoms with Crippen LogP contribution in [0.5, 0.6) is 5.75 Å². The van der Waals surface area contributed by atoms with Crippen LogP contribution in [0.3, 0.4) is 0 Å². The van der Waals surface area contributed by atoms with Gasteiger partial charge in [0, 0.05) is 74.8 Å². The van der Waals surface area contributed by atoms with Gasteiger partial charge < -0.3 is 34.7 Å². The molecule has 1 amide bonds. The Balaban J connectivity index is 1.02. The number of hydrogen-bond acceptors (Lipinski definition) is 11. The maximum Gasteiger partial charge on any atom is 0.305 e. The first-order valence-electron chi connectivity index (χ1n) is 15.4. The van der Waals surface area contributed by atoms with Crippen molar-refractivity contribution in [3.8, 4) is 5.75 Å². The summed E-state index contributed by atoms with van der Waals surface area (Å²) in [7, 11) is 3.42. The minimum atomic E-state index is -0.230. The van der Waals surface area contributed by atoms with Crippen molar-refractivity contribution < 1.29 is 19.4 Å². The number of H-pyrrole nitrogens is 1. The lowest BCUT2D eigenvalue weighted by molar-refractivity contribution is -0.155. The predicted molar refractivity (Wildman–Crippen MR) is 185 cm³/mol. The fourth-order valence-corrected chi connectivity index (χ4v) is 8.29. The van der Waals surface area contributed by atoms with E-state index in [9.17, 15) is 14.7 Å². The number of aromatic hydroxyl groups is 1. The van der Waals surface area contributed by atoms with E-state index in [1.54, 1.807) is 26.3 Å². The van der Waals surface area contributed by atoms with Crippen LogP contribution >= 0.6 is 34.4 Å². The molecule has 1 atom stereocenters. The Kier molecular flexibility index (Phi) is 11.9. The van der Waals surface area contributed by atoms with Crippen molar-refractivity contribution >= 4 is 55.6 Å². The van der Waals surface area contributed by atoms with Crippen LogP contribution in [0.1, 0.15) is 41.2 Å². The van der Waals surface area contributed by atoms with E-state index >= 15 is 0 Å². The number of thiophene rings is 1. The molecule has 10 nitrogen and oxygen atoms in total. The number of likely N-dealkylation sites (tertiary alicyclic amines) is 1. The van der Waals surface area contributed by atoms with Crippen LogP contribution in [-0.2, 0) is 27.1 Å². The SMILES string of the molecule is C/N=C(/C)S/C=C/C(=O)N1CCOC2(CCN(CCc3ccc(CCNC[C@H](OC)c4ccc(O)c5[nH]c(=O)sc45)s3)CC2)C1. The molecule has 2 aromatic heterocycles. The number of carbonyl (C=O) groups is 1. The lowest BCUT2D eigenvalue weighted by atomic mass is 9.89. The average Bonchev–Trinajstić information content (AvgIpc) is 3.68. The number of phenols is 1. The number of aromatic nitrogens is 1. The number of piperidine rings is 1. The molecule has 244 valence electrons. The first-order valence-corrected chi connectivity index (χ1v) is 17.9. The molecule has 0 radical (unpaired) electrons. The summed E-state index contributed by atoms with van der Waals surface area (Å²) in [6.07, 6.45) is 5.28. The van der Waals surface area contributed by atoms with E-state index in [0.717, 1.165) is 78.5 Å². The molecular formula is C32H43N5O5S3. The maximum absolute atomic E-state index is 12.8. The zero-order chi connectivity index (χ0) is 31.8. The third kappa shape index (κ3) is 8.85. The van der Waals surface area contributed by atoms with Gasteiger partial charge in [-0.3, -0.25) is 14.6 Å². The van der Waals surface area contributed by atoms with Crippen LogP contribution in [0.25, 0.3) is 10.2 Å². The molecule has 0 aliphatic carbocycles. The molecule has 0 saturated carbocycles. The third-order valence-electron chi connectivity index (χ3n) is 8.58. The normalized spacial score (nSPS) is 18.4. The Morgan fingerprint density at radius 1 is 1.22 bits per heavy atom. The molecule has 2 saturated heterocycles. The quantitative estimate of drug-likeness (QED) is 0.112. The molecule has 1 aromatic carbocycles. The molecule has 45 heavy (non-hydrogen) atoms. The number of methoxy groups -OCH3 is 1. The van der Waals surface area contributed by atoms with Gasteiger partial charge in [-0.1, -0.05) is 29.2 Å². The second kappa shape index (κ2) is 15.9. The highest BCUT2D eigenvalue weighted by molar-refractivity contribution is 8.16. The number of fused-ring (bicyclic) bond motifs is 1. The summed E-state index contributed by atoms with van der Waals surface area (Å²) in [6.45, 7) is 8.25. The predicted octanol–water partition coefficient (Wildman–Crippen LogP) is 4.41. The van der Waals surface area contributed by atoms with Gasteiger partial charge in [-0.2, -0.15) is 0 Å². The van der Waals surface area contributed by atoms with Crippen molar-refractivity contribution in [1.82, 2.24) is 20.1 Å². The lowest BCUT2D eigenvalue weighted by Gasteiger charge is -2.47. The molecule has 2 fully saturated rings. The molecule has 2 aliphatic heterocycles. The van der Waals surface area contributed by atoms with Crippen molar-refractivity contribution in [2.24, 2.45) is 4.99 Å². The minimum absolute atomic E-state index is 0.0496. The summed E-state index contributed by atoms with van der Waals surface area (Å²) < 4.78 is 12.7. The summed E-state index contributed by atoms with van der Waals surface area (Å²) in [5.41, 5.74) is 1.13. The standard InChI is InChI=1S/C32H43N5O5S3/c1-22(33-2)43-19-10-28(39)37-17-18-42-32(21-37)11-15-36(16-12-32)14-9-24-5-4-23(44-24)8-13-34-20-27(41-3)25-6-7-26(38)29-30(25)45-31(40)35-29/h4-7,10,19,27,34,38H,8-9,11-18,20-21H2,1-3H3,(H,35,40)/b19-10+,33-22-/t27-/m0/s1. The molecule has 3 aromatic rings. The molecule has 1 spiro atoms. The number of aliphatic imine (C=N–C) groups is 1. The molecule has 2 aliphatic rings. The van der Waals surface area contributed by atoms with Crippen molar-refractivity contribution in [3.63, 3.8) is 0 Å². The van der Waals surface area contributed by atoms with E-state index in [1.165, 1.54) is 21.5 Å². The molecule has 0 unspecified atom stereocenters.